The molecule has 98 valence electrons. The van der Waals surface area contributed by atoms with Gasteiger partial charge < -0.3 is 10.7 Å². The van der Waals surface area contributed by atoms with Crippen molar-refractivity contribution in [3.05, 3.63) is 29.5 Å². The number of ketones is 1. The Hall–Kier alpha value is -1.81. The van der Waals surface area contributed by atoms with E-state index in [0.29, 0.717) is 12.3 Å². The molecule has 19 heavy (non-hydrogen) atoms. The van der Waals surface area contributed by atoms with Crippen molar-refractivity contribution in [1.82, 2.24) is 4.98 Å². The van der Waals surface area contributed by atoms with Crippen LogP contribution in [0.3, 0.4) is 0 Å². The number of carbonyl (C=O) groups excluding carboxylic acids is 1. The minimum atomic E-state index is 0.197. The summed E-state index contributed by atoms with van der Waals surface area (Å²) < 4.78 is 0. The van der Waals surface area contributed by atoms with Crippen LogP contribution < -0.4 is 5.73 Å². The van der Waals surface area contributed by atoms with E-state index in [-0.39, 0.29) is 11.7 Å². The van der Waals surface area contributed by atoms with Gasteiger partial charge in [-0.25, -0.2) is 4.99 Å². The Bertz CT molecular complexity index is 687. The zero-order valence-corrected chi connectivity index (χ0v) is 11.1. The number of carbonyl (C=O) groups is 1. The summed E-state index contributed by atoms with van der Waals surface area (Å²) in [6.07, 6.45) is 2.51. The Kier molecular flexibility index (Phi) is 3.03. The van der Waals surface area contributed by atoms with E-state index in [2.05, 4.69) is 9.98 Å². The first-order chi connectivity index (χ1) is 9.19. The highest BCUT2D eigenvalue weighted by atomic mass is 35.5. The fourth-order valence-corrected chi connectivity index (χ4v) is 2.62. The van der Waals surface area contributed by atoms with Crippen molar-refractivity contribution < 1.29 is 4.79 Å². The van der Waals surface area contributed by atoms with Gasteiger partial charge in [0.25, 0.3) is 0 Å². The monoisotopic (exact) mass is 275 g/mol. The maximum atomic E-state index is 11.9. The van der Waals surface area contributed by atoms with E-state index in [1.165, 1.54) is 0 Å². The molecule has 1 heterocycles. The first-order valence-corrected chi connectivity index (χ1v) is 6.79. The smallest absolute Gasteiger partial charge is 0.179 e. The van der Waals surface area contributed by atoms with E-state index in [1.54, 1.807) is 0 Å². The third kappa shape index (κ3) is 2.12. The van der Waals surface area contributed by atoms with Crippen molar-refractivity contribution in [2.24, 2.45) is 10.7 Å². The maximum absolute atomic E-state index is 11.9. The fraction of sp³-hybridized carbons (Fsp3) is 0.286. The van der Waals surface area contributed by atoms with Crippen LogP contribution in [0, 0.1) is 0 Å². The Morgan fingerprint density at radius 2 is 2.26 bits per heavy atom. The minimum absolute atomic E-state index is 0.197. The average molecular weight is 276 g/mol. The Morgan fingerprint density at radius 3 is 3.05 bits per heavy atom. The van der Waals surface area contributed by atoms with E-state index < -0.39 is 0 Å². The van der Waals surface area contributed by atoms with Crippen LogP contribution in [0.2, 0.25) is 0 Å². The van der Waals surface area contributed by atoms with Crippen LogP contribution in [0.5, 0.6) is 0 Å². The third-order valence-corrected chi connectivity index (χ3v) is 3.68. The number of nitrogens with two attached hydrogens (primary N) is 1. The van der Waals surface area contributed by atoms with Gasteiger partial charge in [-0.3, -0.25) is 4.79 Å². The second-order valence-corrected chi connectivity index (χ2v) is 4.99. The van der Waals surface area contributed by atoms with Gasteiger partial charge in [0.15, 0.2) is 5.78 Å². The molecule has 5 heteroatoms. The van der Waals surface area contributed by atoms with Gasteiger partial charge in [-0.1, -0.05) is 6.07 Å². The lowest BCUT2D eigenvalue weighted by molar-refractivity contribution is 0.0968. The number of Topliss-reactive ketones (excluding diaryl/α,β-unsaturated/α-hetero) is 1. The minimum Gasteiger partial charge on any atom is -0.386 e. The number of nitrogens with zero attached hydrogens (tertiary/aromatic N) is 1. The van der Waals surface area contributed by atoms with Gasteiger partial charge in [0.05, 0.1) is 17.3 Å². The largest absolute Gasteiger partial charge is 0.386 e. The third-order valence-electron chi connectivity index (χ3n) is 3.41. The number of aromatic nitrogens is 1. The van der Waals surface area contributed by atoms with E-state index in [1.807, 2.05) is 18.2 Å². The fourth-order valence-electron chi connectivity index (χ4n) is 2.56. The number of halogens is 1. The lowest BCUT2D eigenvalue weighted by atomic mass is 9.95. The molecule has 0 saturated carbocycles. The van der Waals surface area contributed by atoms with Gasteiger partial charge in [-0.15, -0.1) is 11.6 Å². The summed E-state index contributed by atoms with van der Waals surface area (Å²) >= 11 is 5.61. The molecule has 1 aromatic carbocycles. The standard InChI is InChI=1S/C14H14ClN3O/c15-7-13(16)17-8-4-5-9-10-2-1-3-12(19)14(10)18-11(9)6-8/h4-6,18H,1-3,7H2,(H2,16,17). The molecule has 1 aromatic heterocycles. The second kappa shape index (κ2) is 4.70. The van der Waals surface area contributed by atoms with Crippen molar-refractivity contribution in [3.63, 3.8) is 0 Å². The van der Waals surface area contributed by atoms with E-state index >= 15 is 0 Å². The van der Waals surface area contributed by atoms with Crippen molar-refractivity contribution in [1.29, 1.82) is 0 Å². The predicted octanol–water partition coefficient (Wildman–Crippen LogP) is 2.91. The Morgan fingerprint density at radius 1 is 1.42 bits per heavy atom. The number of benzene rings is 1. The summed E-state index contributed by atoms with van der Waals surface area (Å²) in [4.78, 5) is 19.3. The molecule has 2 aromatic rings. The van der Waals surface area contributed by atoms with E-state index in [9.17, 15) is 4.79 Å². The number of aryl methyl sites for hydroxylation is 1. The first kappa shape index (κ1) is 12.2. The Labute approximate surface area is 115 Å². The highest BCUT2D eigenvalue weighted by Gasteiger charge is 2.21. The molecular formula is C14H14ClN3O. The van der Waals surface area contributed by atoms with Crippen LogP contribution in [0.4, 0.5) is 5.69 Å². The molecule has 0 amide bonds. The molecule has 0 aliphatic heterocycles. The zero-order chi connectivity index (χ0) is 13.4. The summed E-state index contributed by atoms with van der Waals surface area (Å²) in [6.45, 7) is 0. The van der Waals surface area contributed by atoms with Gasteiger partial charge >= 0.3 is 0 Å². The first-order valence-electron chi connectivity index (χ1n) is 6.26. The summed E-state index contributed by atoms with van der Waals surface area (Å²) in [5.41, 5.74) is 9.19. The molecule has 3 N–H and O–H groups in total. The summed E-state index contributed by atoms with van der Waals surface area (Å²) in [5.74, 6) is 0.786. The van der Waals surface area contributed by atoms with Crippen molar-refractivity contribution >= 4 is 39.8 Å². The van der Waals surface area contributed by atoms with Crippen molar-refractivity contribution in [3.8, 4) is 0 Å². The number of rotatable bonds is 2. The SMILES string of the molecule is NC(CCl)=Nc1ccc2c3c([nH]c2c1)C(=O)CCC3. The molecule has 3 rings (SSSR count). The quantitative estimate of drug-likeness (QED) is 0.502. The number of aromatic amines is 1. The molecule has 0 radical (unpaired) electrons. The number of hydrogen-bond acceptors (Lipinski definition) is 2. The molecule has 0 fully saturated rings. The van der Waals surface area contributed by atoms with Crippen molar-refractivity contribution in [2.75, 3.05) is 5.88 Å². The van der Waals surface area contributed by atoms with Crippen LogP contribution in [0.1, 0.15) is 28.9 Å². The average Bonchev–Trinajstić information content (AvgIpc) is 2.78. The highest BCUT2D eigenvalue weighted by Crippen LogP contribution is 2.31. The van der Waals surface area contributed by atoms with E-state index in [4.69, 9.17) is 17.3 Å². The molecule has 0 atom stereocenters. The molecule has 0 saturated heterocycles. The van der Waals surface area contributed by atoms with Crippen LogP contribution in [-0.4, -0.2) is 22.5 Å². The highest BCUT2D eigenvalue weighted by molar-refractivity contribution is 6.28. The molecular weight excluding hydrogens is 262 g/mol. The normalized spacial score (nSPS) is 15.8. The van der Waals surface area contributed by atoms with Gasteiger partial charge in [-0.2, -0.15) is 0 Å². The number of amidine groups is 1. The van der Waals surface area contributed by atoms with Gasteiger partial charge in [0.1, 0.15) is 5.84 Å². The predicted molar refractivity (Wildman–Crippen MR) is 77.6 cm³/mol. The topological polar surface area (TPSA) is 71.2 Å². The van der Waals surface area contributed by atoms with Crippen LogP contribution in [0.25, 0.3) is 10.9 Å². The number of hydrogen-bond donors (Lipinski definition) is 2. The van der Waals surface area contributed by atoms with E-state index in [0.717, 1.165) is 40.7 Å². The number of nitrogens with one attached hydrogen (secondary N) is 1. The van der Waals surface area contributed by atoms with Gasteiger partial charge in [0.2, 0.25) is 0 Å². The van der Waals surface area contributed by atoms with Crippen LogP contribution in [0.15, 0.2) is 23.2 Å². The van der Waals surface area contributed by atoms with Gasteiger partial charge in [0, 0.05) is 17.3 Å². The molecule has 0 spiro atoms. The van der Waals surface area contributed by atoms with Crippen molar-refractivity contribution in [2.45, 2.75) is 19.3 Å². The number of aliphatic imine (C=N–C) groups is 1. The number of H-pyrrole nitrogens is 1. The summed E-state index contributed by atoms with van der Waals surface area (Å²) in [7, 11) is 0. The molecule has 0 bridgehead atoms. The summed E-state index contributed by atoms with van der Waals surface area (Å²) in [5, 5.41) is 1.10. The zero-order valence-electron chi connectivity index (χ0n) is 10.4. The lowest BCUT2D eigenvalue weighted by Gasteiger charge is -2.09. The molecule has 1 aliphatic rings. The lowest BCUT2D eigenvalue weighted by Crippen LogP contribution is -2.12. The molecule has 0 unspecified atom stereocenters. The molecule has 4 nitrogen and oxygen atoms in total. The maximum Gasteiger partial charge on any atom is 0.179 e. The Balaban J connectivity index is 2.12. The number of alkyl halides is 1. The summed E-state index contributed by atoms with van der Waals surface area (Å²) in [6, 6.07) is 5.79. The van der Waals surface area contributed by atoms with Crippen LogP contribution in [-0.2, 0) is 6.42 Å². The second-order valence-electron chi connectivity index (χ2n) is 4.72. The van der Waals surface area contributed by atoms with Gasteiger partial charge in [-0.05, 0) is 30.5 Å². The molecule has 1 aliphatic carbocycles. The number of fused-ring (bicyclic) bond motifs is 3. The van der Waals surface area contributed by atoms with Crippen LogP contribution >= 0.6 is 11.6 Å².